The van der Waals surface area contributed by atoms with Gasteiger partial charge in [0.05, 0.1) is 12.1 Å². The molecule has 1 heterocycles. The van der Waals surface area contributed by atoms with Crippen LogP contribution >= 0.6 is 0 Å². The molecule has 3 rings (SSSR count). The third-order valence-corrected chi connectivity index (χ3v) is 5.90. The molecule has 2 saturated carbocycles. The van der Waals surface area contributed by atoms with Crippen molar-refractivity contribution in [2.24, 2.45) is 22.6 Å². The minimum atomic E-state index is 0.261. The molecule has 1 aliphatic heterocycles. The first-order valence-electron chi connectivity index (χ1n) is 7.74. The lowest BCUT2D eigenvalue weighted by Gasteiger charge is -2.51. The molecule has 18 heavy (non-hydrogen) atoms. The fraction of sp³-hybridized carbons (Fsp3) is 0.933. The maximum atomic E-state index is 6.25. The predicted octanol–water partition coefficient (Wildman–Crippen LogP) is 2.75. The van der Waals surface area contributed by atoms with E-state index >= 15 is 0 Å². The number of nitrogens with two attached hydrogens (primary N) is 1. The van der Waals surface area contributed by atoms with Crippen molar-refractivity contribution < 1.29 is 0 Å². The summed E-state index contributed by atoms with van der Waals surface area (Å²) < 4.78 is 0. The van der Waals surface area contributed by atoms with E-state index in [1.165, 1.54) is 44.9 Å². The molecule has 2 fully saturated rings. The predicted molar refractivity (Wildman–Crippen MR) is 75.5 cm³/mol. The Morgan fingerprint density at radius 1 is 1.17 bits per heavy atom. The van der Waals surface area contributed by atoms with Crippen LogP contribution in [0.25, 0.3) is 0 Å². The van der Waals surface area contributed by atoms with Gasteiger partial charge in [-0.15, -0.1) is 0 Å². The van der Waals surface area contributed by atoms with Gasteiger partial charge in [-0.2, -0.15) is 0 Å². The first-order valence-corrected chi connectivity index (χ1v) is 7.74. The molecule has 3 atom stereocenters. The second-order valence-electron chi connectivity index (χ2n) is 6.74. The molecule has 3 heteroatoms. The Morgan fingerprint density at radius 2 is 1.89 bits per heavy atom. The highest BCUT2D eigenvalue weighted by atomic mass is 15.4. The van der Waals surface area contributed by atoms with Gasteiger partial charge in [0, 0.05) is 6.04 Å². The summed E-state index contributed by atoms with van der Waals surface area (Å²) in [5.41, 5.74) is 6.51. The zero-order valence-electron chi connectivity index (χ0n) is 11.9. The summed E-state index contributed by atoms with van der Waals surface area (Å²) in [5.74, 6) is 2.36. The molecule has 3 aliphatic rings. The molecule has 102 valence electrons. The molecule has 0 radical (unpaired) electrons. The second kappa shape index (κ2) is 4.43. The van der Waals surface area contributed by atoms with Gasteiger partial charge in [0.25, 0.3) is 0 Å². The molecule has 0 aromatic rings. The van der Waals surface area contributed by atoms with Crippen molar-refractivity contribution in [3.05, 3.63) is 0 Å². The molecule has 3 nitrogen and oxygen atoms in total. The lowest BCUT2D eigenvalue weighted by molar-refractivity contribution is 0.0255. The summed E-state index contributed by atoms with van der Waals surface area (Å²) in [6.07, 6.45) is 9.39. The number of rotatable bonds is 1. The molecule has 0 saturated heterocycles. The monoisotopic (exact) mass is 249 g/mol. The molecule has 1 spiro atoms. The average Bonchev–Trinajstić information content (AvgIpc) is 2.95. The van der Waals surface area contributed by atoms with Crippen LogP contribution in [0.15, 0.2) is 4.99 Å². The van der Waals surface area contributed by atoms with Gasteiger partial charge in [-0.05, 0) is 31.1 Å². The highest BCUT2D eigenvalue weighted by Crippen LogP contribution is 2.46. The van der Waals surface area contributed by atoms with E-state index in [-0.39, 0.29) is 5.54 Å². The van der Waals surface area contributed by atoms with Gasteiger partial charge in [-0.3, -0.25) is 4.99 Å². The van der Waals surface area contributed by atoms with E-state index in [1.54, 1.807) is 0 Å². The number of nitrogens with zero attached hydrogens (tertiary/aromatic N) is 2. The van der Waals surface area contributed by atoms with E-state index in [0.29, 0.717) is 6.04 Å². The standard InChI is InChI=1S/C15H27N3/c1-11-6-5-9-15(12(11)2)10-17-14(16)18(15)13-7-3-4-8-13/h11-13H,3-10H2,1-2H3,(H2,16,17). The van der Waals surface area contributed by atoms with Crippen LogP contribution in [0.3, 0.4) is 0 Å². The van der Waals surface area contributed by atoms with Crippen molar-refractivity contribution in [2.75, 3.05) is 6.54 Å². The molecule has 3 unspecified atom stereocenters. The van der Waals surface area contributed by atoms with Crippen LogP contribution < -0.4 is 5.73 Å². The highest BCUT2D eigenvalue weighted by molar-refractivity contribution is 5.81. The van der Waals surface area contributed by atoms with Gasteiger partial charge < -0.3 is 10.6 Å². The fourth-order valence-corrected chi connectivity index (χ4v) is 4.61. The normalized spacial score (nSPS) is 41.7. The fourth-order valence-electron chi connectivity index (χ4n) is 4.61. The van der Waals surface area contributed by atoms with Crippen LogP contribution in [0.2, 0.25) is 0 Å². The summed E-state index contributed by atoms with van der Waals surface area (Å²) in [6.45, 7) is 5.79. The maximum absolute atomic E-state index is 6.25. The minimum Gasteiger partial charge on any atom is -0.370 e. The molecule has 0 amide bonds. The van der Waals surface area contributed by atoms with E-state index in [9.17, 15) is 0 Å². The summed E-state index contributed by atoms with van der Waals surface area (Å²) in [4.78, 5) is 7.20. The van der Waals surface area contributed by atoms with Crippen LogP contribution in [0.1, 0.15) is 58.8 Å². The largest absolute Gasteiger partial charge is 0.370 e. The van der Waals surface area contributed by atoms with Gasteiger partial charge >= 0.3 is 0 Å². The first-order chi connectivity index (χ1) is 8.65. The molecular weight excluding hydrogens is 222 g/mol. The van der Waals surface area contributed by atoms with Gasteiger partial charge in [0.15, 0.2) is 5.96 Å². The van der Waals surface area contributed by atoms with Crippen LogP contribution in [0.5, 0.6) is 0 Å². The van der Waals surface area contributed by atoms with Gasteiger partial charge in [-0.25, -0.2) is 0 Å². The van der Waals surface area contributed by atoms with Crippen molar-refractivity contribution in [1.29, 1.82) is 0 Å². The summed E-state index contributed by atoms with van der Waals surface area (Å²) in [7, 11) is 0. The summed E-state index contributed by atoms with van der Waals surface area (Å²) >= 11 is 0. The maximum Gasteiger partial charge on any atom is 0.192 e. The first kappa shape index (κ1) is 12.3. The Hall–Kier alpha value is -0.730. The Labute approximate surface area is 111 Å². The summed E-state index contributed by atoms with van der Waals surface area (Å²) in [5, 5.41) is 0. The second-order valence-corrected chi connectivity index (χ2v) is 6.74. The smallest absolute Gasteiger partial charge is 0.192 e. The Balaban J connectivity index is 1.90. The number of guanidine groups is 1. The van der Waals surface area contributed by atoms with Crippen molar-refractivity contribution in [3.63, 3.8) is 0 Å². The van der Waals surface area contributed by atoms with Gasteiger partial charge in [0.2, 0.25) is 0 Å². The number of aliphatic imine (C=N–C) groups is 1. The zero-order valence-corrected chi connectivity index (χ0v) is 11.9. The minimum absolute atomic E-state index is 0.261. The third kappa shape index (κ3) is 1.66. The van der Waals surface area contributed by atoms with E-state index in [0.717, 1.165) is 24.3 Å². The number of hydrogen-bond acceptors (Lipinski definition) is 3. The molecule has 0 bridgehead atoms. The SMILES string of the molecule is CC1CCCC2(CN=C(N)N2C2CCCC2)C1C. The number of hydrogen-bond donors (Lipinski definition) is 1. The zero-order chi connectivity index (χ0) is 12.8. The molecule has 0 aromatic heterocycles. The molecule has 0 aromatic carbocycles. The Kier molecular flexibility index (Phi) is 3.03. The molecule has 2 N–H and O–H groups in total. The third-order valence-electron chi connectivity index (χ3n) is 5.90. The van der Waals surface area contributed by atoms with Crippen LogP contribution in [-0.4, -0.2) is 29.0 Å². The van der Waals surface area contributed by atoms with Gasteiger partial charge in [-0.1, -0.05) is 39.5 Å². The van der Waals surface area contributed by atoms with E-state index < -0.39 is 0 Å². The Morgan fingerprint density at radius 3 is 2.61 bits per heavy atom. The Bertz CT molecular complexity index is 346. The van der Waals surface area contributed by atoms with Gasteiger partial charge in [0.1, 0.15) is 0 Å². The highest BCUT2D eigenvalue weighted by Gasteiger charge is 2.51. The van der Waals surface area contributed by atoms with Crippen molar-refractivity contribution >= 4 is 5.96 Å². The van der Waals surface area contributed by atoms with E-state index in [2.05, 4.69) is 23.7 Å². The molecular formula is C15H27N3. The topological polar surface area (TPSA) is 41.6 Å². The summed E-state index contributed by atoms with van der Waals surface area (Å²) in [6, 6.07) is 0.670. The van der Waals surface area contributed by atoms with Crippen molar-refractivity contribution in [2.45, 2.75) is 70.4 Å². The lowest BCUT2D eigenvalue weighted by atomic mass is 9.67. The van der Waals surface area contributed by atoms with Crippen LogP contribution in [-0.2, 0) is 0 Å². The van der Waals surface area contributed by atoms with Crippen molar-refractivity contribution in [1.82, 2.24) is 4.90 Å². The van der Waals surface area contributed by atoms with Crippen LogP contribution in [0, 0.1) is 11.8 Å². The van der Waals surface area contributed by atoms with Crippen LogP contribution in [0.4, 0.5) is 0 Å². The average molecular weight is 249 g/mol. The lowest BCUT2D eigenvalue weighted by Crippen LogP contribution is -2.61. The molecule has 2 aliphatic carbocycles. The van der Waals surface area contributed by atoms with E-state index in [4.69, 9.17) is 5.73 Å². The van der Waals surface area contributed by atoms with Crippen molar-refractivity contribution in [3.8, 4) is 0 Å². The van der Waals surface area contributed by atoms with E-state index in [1.807, 2.05) is 0 Å². The quantitative estimate of drug-likeness (QED) is 0.776.